The molecule has 0 bridgehead atoms. The number of pyridine rings is 1. The average Bonchev–Trinajstić information content (AvgIpc) is 3.41. The van der Waals surface area contributed by atoms with E-state index in [-0.39, 0.29) is 11.9 Å². The summed E-state index contributed by atoms with van der Waals surface area (Å²) in [6.07, 6.45) is 1.69. The van der Waals surface area contributed by atoms with Crippen molar-refractivity contribution in [3.05, 3.63) is 70.7 Å². The molecule has 0 aliphatic rings. The second-order valence-electron chi connectivity index (χ2n) is 7.20. The number of primary amides is 1. The number of benzene rings is 1. The first-order valence-electron chi connectivity index (χ1n) is 9.53. The van der Waals surface area contributed by atoms with Gasteiger partial charge in [0, 0.05) is 18.2 Å². The number of fused-ring (bicyclic) bond motifs is 1. The molecule has 0 atom stereocenters. The van der Waals surface area contributed by atoms with Crippen LogP contribution in [-0.4, -0.2) is 26.6 Å². The van der Waals surface area contributed by atoms with Crippen LogP contribution in [0.5, 0.6) is 0 Å². The van der Waals surface area contributed by atoms with Crippen LogP contribution in [0.2, 0.25) is 0 Å². The third kappa shape index (κ3) is 3.81. The summed E-state index contributed by atoms with van der Waals surface area (Å²) in [4.78, 5) is 30.0. The van der Waals surface area contributed by atoms with Gasteiger partial charge in [-0.15, -0.1) is 11.3 Å². The predicted octanol–water partition coefficient (Wildman–Crippen LogP) is 3.77. The Balaban J connectivity index is 1.66. The van der Waals surface area contributed by atoms with E-state index >= 15 is 0 Å². The highest BCUT2D eigenvalue weighted by Crippen LogP contribution is 2.29. The fourth-order valence-corrected chi connectivity index (χ4v) is 3.88. The summed E-state index contributed by atoms with van der Waals surface area (Å²) in [5, 5.41) is 10.1. The molecule has 7 nitrogen and oxygen atoms in total. The zero-order valence-electron chi connectivity index (χ0n) is 16.6. The number of carbonyl (C=O) groups is 2. The topological polar surface area (TPSA) is 103 Å². The molecule has 4 rings (SSSR count). The lowest BCUT2D eigenvalue weighted by Gasteiger charge is -2.11. The largest absolute Gasteiger partial charge is 0.366 e. The van der Waals surface area contributed by atoms with Gasteiger partial charge in [-0.2, -0.15) is 5.10 Å². The molecule has 1 aromatic carbocycles. The fraction of sp³-hybridized carbons (Fsp3) is 0.182. The number of rotatable bonds is 6. The summed E-state index contributed by atoms with van der Waals surface area (Å²) >= 11 is 1.57. The number of carbonyl (C=O) groups excluding carboxylic acids is 2. The van der Waals surface area contributed by atoms with E-state index in [2.05, 4.69) is 10.4 Å². The quantitative estimate of drug-likeness (QED) is 0.496. The molecular formula is C22H21N5O2S. The molecule has 152 valence electrons. The molecule has 0 aliphatic heterocycles. The summed E-state index contributed by atoms with van der Waals surface area (Å²) in [7, 11) is 0. The molecule has 0 saturated carbocycles. The van der Waals surface area contributed by atoms with E-state index in [4.69, 9.17) is 10.7 Å². The normalized spacial score (nSPS) is 11.2. The molecule has 3 aromatic heterocycles. The third-order valence-corrected chi connectivity index (χ3v) is 5.66. The molecule has 3 heterocycles. The smallest absolute Gasteiger partial charge is 0.252 e. The van der Waals surface area contributed by atoms with Gasteiger partial charge < -0.3 is 11.1 Å². The molecule has 3 N–H and O–H groups in total. The number of nitrogens with two attached hydrogens (primary N) is 1. The van der Waals surface area contributed by atoms with Crippen molar-refractivity contribution in [2.24, 2.45) is 5.73 Å². The van der Waals surface area contributed by atoms with Crippen LogP contribution in [0.3, 0.4) is 0 Å². The minimum absolute atomic E-state index is 0.119. The van der Waals surface area contributed by atoms with Crippen LogP contribution in [-0.2, 0) is 6.54 Å². The summed E-state index contributed by atoms with van der Waals surface area (Å²) in [5.74, 6) is -0.685. The molecule has 0 radical (unpaired) electrons. The Kier molecular flexibility index (Phi) is 5.33. The minimum atomic E-state index is -0.479. The Morgan fingerprint density at radius 2 is 1.97 bits per heavy atom. The highest BCUT2D eigenvalue weighted by molar-refractivity contribution is 7.13. The number of aromatic nitrogens is 3. The first-order chi connectivity index (χ1) is 14.4. The van der Waals surface area contributed by atoms with Crippen molar-refractivity contribution in [3.63, 3.8) is 0 Å². The van der Waals surface area contributed by atoms with E-state index in [0.29, 0.717) is 28.7 Å². The van der Waals surface area contributed by atoms with Gasteiger partial charge in [0.15, 0.2) is 5.65 Å². The Hall–Kier alpha value is -3.52. The lowest BCUT2D eigenvalue weighted by molar-refractivity contribution is 0.0950. The van der Waals surface area contributed by atoms with Gasteiger partial charge in [-0.3, -0.25) is 9.59 Å². The molecular weight excluding hydrogens is 398 g/mol. The highest BCUT2D eigenvalue weighted by atomic mass is 32.1. The minimum Gasteiger partial charge on any atom is -0.366 e. The number of nitrogens with zero attached hydrogens (tertiary/aromatic N) is 3. The lowest BCUT2D eigenvalue weighted by atomic mass is 10.1. The summed E-state index contributed by atoms with van der Waals surface area (Å²) in [5.41, 5.74) is 8.54. The van der Waals surface area contributed by atoms with Gasteiger partial charge in [0.05, 0.1) is 27.7 Å². The second kappa shape index (κ2) is 8.08. The zero-order valence-corrected chi connectivity index (χ0v) is 17.4. The van der Waals surface area contributed by atoms with Gasteiger partial charge in [0.1, 0.15) is 0 Å². The van der Waals surface area contributed by atoms with Crippen molar-refractivity contribution in [1.29, 1.82) is 0 Å². The number of hydrogen-bond donors (Lipinski definition) is 2. The summed E-state index contributed by atoms with van der Waals surface area (Å²) in [6.45, 7) is 4.39. The Bertz CT molecular complexity index is 1210. The fourth-order valence-electron chi connectivity index (χ4n) is 3.20. The maximum Gasteiger partial charge on any atom is 0.252 e. The monoisotopic (exact) mass is 419 g/mol. The van der Waals surface area contributed by atoms with Crippen LogP contribution in [0, 0.1) is 0 Å². The van der Waals surface area contributed by atoms with Crippen LogP contribution in [0.4, 0.5) is 0 Å². The van der Waals surface area contributed by atoms with Crippen molar-refractivity contribution in [1.82, 2.24) is 20.1 Å². The second-order valence-corrected chi connectivity index (χ2v) is 8.14. The molecule has 0 saturated heterocycles. The predicted molar refractivity (Wildman–Crippen MR) is 117 cm³/mol. The SMILES string of the molecule is CC(C)n1ncc2c(C(=O)NCc3ccc(C(N)=O)cc3)cc(-c3cccs3)nc21. The number of nitrogens with one attached hydrogen (secondary N) is 1. The van der Waals surface area contributed by atoms with Crippen molar-refractivity contribution >= 4 is 34.2 Å². The van der Waals surface area contributed by atoms with Crippen LogP contribution >= 0.6 is 11.3 Å². The van der Waals surface area contributed by atoms with Gasteiger partial charge in [-0.1, -0.05) is 18.2 Å². The van der Waals surface area contributed by atoms with E-state index in [1.165, 1.54) is 0 Å². The molecule has 30 heavy (non-hydrogen) atoms. The molecule has 0 spiro atoms. The average molecular weight is 420 g/mol. The van der Waals surface area contributed by atoms with Gasteiger partial charge in [0.25, 0.3) is 5.91 Å². The number of thiophene rings is 1. The summed E-state index contributed by atoms with van der Waals surface area (Å²) < 4.78 is 1.83. The highest BCUT2D eigenvalue weighted by Gasteiger charge is 2.18. The maximum atomic E-state index is 13.1. The molecule has 0 aliphatic carbocycles. The van der Waals surface area contributed by atoms with E-state index in [1.54, 1.807) is 41.8 Å². The first-order valence-corrected chi connectivity index (χ1v) is 10.4. The number of hydrogen-bond acceptors (Lipinski definition) is 5. The van der Waals surface area contributed by atoms with Crippen LogP contribution in [0.25, 0.3) is 21.6 Å². The van der Waals surface area contributed by atoms with Crippen LogP contribution in [0.1, 0.15) is 46.2 Å². The lowest BCUT2D eigenvalue weighted by Crippen LogP contribution is -2.23. The Labute approximate surface area is 177 Å². The number of amides is 2. The molecule has 8 heteroatoms. The van der Waals surface area contributed by atoms with Gasteiger partial charge in [-0.25, -0.2) is 9.67 Å². The first kappa shape index (κ1) is 19.8. The molecule has 0 fully saturated rings. The van der Waals surface area contributed by atoms with Crippen molar-refractivity contribution in [3.8, 4) is 10.6 Å². The van der Waals surface area contributed by atoms with Crippen molar-refractivity contribution in [2.45, 2.75) is 26.4 Å². The van der Waals surface area contributed by atoms with E-state index in [0.717, 1.165) is 16.1 Å². The van der Waals surface area contributed by atoms with Crippen molar-refractivity contribution in [2.75, 3.05) is 0 Å². The zero-order chi connectivity index (χ0) is 21.3. The Morgan fingerprint density at radius 1 is 1.20 bits per heavy atom. The molecule has 4 aromatic rings. The van der Waals surface area contributed by atoms with E-state index < -0.39 is 5.91 Å². The van der Waals surface area contributed by atoms with Gasteiger partial charge >= 0.3 is 0 Å². The molecule has 2 amide bonds. The van der Waals surface area contributed by atoms with Crippen molar-refractivity contribution < 1.29 is 9.59 Å². The van der Waals surface area contributed by atoms with Gasteiger partial charge in [-0.05, 0) is 49.1 Å². The standard InChI is InChI=1S/C22H21N5O2S/c1-13(2)27-21-17(12-25-27)16(10-18(26-21)19-4-3-9-30-19)22(29)24-11-14-5-7-15(8-6-14)20(23)28/h3-10,12-13H,11H2,1-2H3,(H2,23,28)(H,24,29). The summed E-state index contributed by atoms with van der Waals surface area (Å²) in [6, 6.07) is 12.7. The van der Waals surface area contributed by atoms with E-state index in [1.807, 2.05) is 42.1 Å². The molecule has 0 unspecified atom stereocenters. The van der Waals surface area contributed by atoms with Crippen LogP contribution < -0.4 is 11.1 Å². The van der Waals surface area contributed by atoms with E-state index in [9.17, 15) is 9.59 Å². The van der Waals surface area contributed by atoms with Crippen LogP contribution in [0.15, 0.2) is 54.0 Å². The van der Waals surface area contributed by atoms with Gasteiger partial charge in [0.2, 0.25) is 5.91 Å². The third-order valence-electron chi connectivity index (χ3n) is 4.77. The Morgan fingerprint density at radius 3 is 2.60 bits per heavy atom. The maximum absolute atomic E-state index is 13.1.